The van der Waals surface area contributed by atoms with Crippen LogP contribution in [0.2, 0.25) is 0 Å². The van der Waals surface area contributed by atoms with E-state index < -0.39 is 0 Å². The van der Waals surface area contributed by atoms with E-state index in [-0.39, 0.29) is 24.5 Å². The highest BCUT2D eigenvalue weighted by atomic mass is 16.5. The summed E-state index contributed by atoms with van der Waals surface area (Å²) in [5.41, 5.74) is 1.10. The molecule has 1 atom stereocenters. The maximum atomic E-state index is 12.0. The van der Waals surface area contributed by atoms with Crippen molar-refractivity contribution in [2.45, 2.75) is 19.3 Å². The van der Waals surface area contributed by atoms with Gasteiger partial charge in [0.1, 0.15) is 6.54 Å². The van der Waals surface area contributed by atoms with Crippen molar-refractivity contribution in [3.8, 4) is 0 Å². The Morgan fingerprint density at radius 3 is 2.63 bits per heavy atom. The zero-order valence-corrected chi connectivity index (χ0v) is 18.6. The lowest BCUT2D eigenvalue weighted by Crippen LogP contribution is -2.45. The molecule has 1 aliphatic rings. The lowest BCUT2D eigenvalue weighted by molar-refractivity contribution is -0.127. The van der Waals surface area contributed by atoms with Gasteiger partial charge in [0.05, 0.1) is 6.61 Å². The highest BCUT2D eigenvalue weighted by Crippen LogP contribution is 2.31. The number of hydrogen-bond acceptors (Lipinski definition) is 5. The van der Waals surface area contributed by atoms with Crippen LogP contribution in [0.15, 0.2) is 35.3 Å². The summed E-state index contributed by atoms with van der Waals surface area (Å²) in [5, 5.41) is 16.1. The number of benzene rings is 1. The lowest BCUT2D eigenvalue weighted by atomic mass is 9.84. The first kappa shape index (κ1) is 24.0. The molecule has 1 fully saturated rings. The zero-order chi connectivity index (χ0) is 21.8. The molecule has 30 heavy (non-hydrogen) atoms. The monoisotopic (exact) mass is 419 g/mol. The number of hydrogen-bond donors (Lipinski definition) is 3. The summed E-state index contributed by atoms with van der Waals surface area (Å²) in [6.07, 6.45) is 2.52. The van der Waals surface area contributed by atoms with E-state index in [1.807, 2.05) is 18.2 Å². The molecule has 1 heterocycles. The van der Waals surface area contributed by atoms with E-state index in [4.69, 9.17) is 4.74 Å². The number of para-hydroxylation sites is 1. The summed E-state index contributed by atoms with van der Waals surface area (Å²) in [5.74, 6) is 0.575. The number of carbonyl (C=O) groups is 1. The van der Waals surface area contributed by atoms with Crippen LogP contribution in [0.25, 0.3) is 0 Å². The van der Waals surface area contributed by atoms with Crippen LogP contribution in [-0.4, -0.2) is 89.0 Å². The molecule has 1 aromatic rings. The van der Waals surface area contributed by atoms with E-state index in [0.29, 0.717) is 32.1 Å². The van der Waals surface area contributed by atoms with Crippen molar-refractivity contribution in [3.05, 3.63) is 30.3 Å². The first-order valence-electron chi connectivity index (χ1n) is 10.6. The summed E-state index contributed by atoms with van der Waals surface area (Å²) in [4.78, 5) is 20.2. The fourth-order valence-electron chi connectivity index (χ4n) is 3.38. The molecule has 1 unspecified atom stereocenters. The minimum atomic E-state index is -0.0870. The first-order valence-corrected chi connectivity index (χ1v) is 10.6. The maximum Gasteiger partial charge on any atom is 0.243 e. The molecule has 2 rings (SSSR count). The second kappa shape index (κ2) is 12.4. The molecule has 0 radical (unpaired) electrons. The number of amides is 1. The Kier molecular flexibility index (Phi) is 9.89. The van der Waals surface area contributed by atoms with Gasteiger partial charge in [-0.3, -0.25) is 4.79 Å². The predicted octanol–water partition coefficient (Wildman–Crippen LogP) is 0.925. The van der Waals surface area contributed by atoms with E-state index in [1.54, 1.807) is 14.1 Å². The highest BCUT2D eigenvalue weighted by molar-refractivity contribution is 5.84. The van der Waals surface area contributed by atoms with Gasteiger partial charge < -0.3 is 30.3 Å². The van der Waals surface area contributed by atoms with Crippen LogP contribution in [-0.2, 0) is 9.53 Å². The molecule has 0 spiro atoms. The van der Waals surface area contributed by atoms with Gasteiger partial charge in [0, 0.05) is 65.1 Å². The average Bonchev–Trinajstić information content (AvgIpc) is 3.21. The second-order valence-corrected chi connectivity index (χ2v) is 8.12. The molecule has 3 N–H and O–H groups in total. The van der Waals surface area contributed by atoms with Crippen LogP contribution in [0, 0.1) is 5.41 Å². The average molecular weight is 420 g/mol. The van der Waals surface area contributed by atoms with Crippen molar-refractivity contribution in [3.63, 3.8) is 0 Å². The Morgan fingerprint density at radius 2 is 2.00 bits per heavy atom. The molecule has 8 heteroatoms. The molecule has 8 nitrogen and oxygen atoms in total. The molecule has 1 aliphatic heterocycles. The van der Waals surface area contributed by atoms with Crippen molar-refractivity contribution >= 4 is 17.6 Å². The number of carbonyl (C=O) groups excluding carboxylic acids is 1. The standard InChI is InChI=1S/C22H37N5O3/c1-26(2)20(29)16-24-21(25-17-22(10-14-28)11-15-30-18-22)23-12-7-13-27(3)19-8-5-4-6-9-19/h4-6,8-9,28H,7,10-18H2,1-3H3,(H2,23,24,25). The third-order valence-electron chi connectivity index (χ3n) is 5.49. The van der Waals surface area contributed by atoms with Crippen LogP contribution in [0.5, 0.6) is 0 Å². The molecule has 0 aliphatic carbocycles. The molecule has 0 bridgehead atoms. The Bertz CT molecular complexity index is 660. The number of rotatable bonds is 11. The fraction of sp³-hybridized carbons (Fsp3) is 0.636. The van der Waals surface area contributed by atoms with E-state index in [1.165, 1.54) is 10.6 Å². The SMILES string of the molecule is CN(C)C(=O)CN=C(NCCCN(C)c1ccccc1)NCC1(CCO)CCOC1. The van der Waals surface area contributed by atoms with Crippen LogP contribution in [0.3, 0.4) is 0 Å². The van der Waals surface area contributed by atoms with Crippen LogP contribution >= 0.6 is 0 Å². The van der Waals surface area contributed by atoms with Crippen LogP contribution in [0.4, 0.5) is 5.69 Å². The molecule has 1 saturated heterocycles. The molecular formula is C22H37N5O3. The fourth-order valence-corrected chi connectivity index (χ4v) is 3.38. The maximum absolute atomic E-state index is 12.0. The molecule has 168 valence electrons. The number of nitrogens with zero attached hydrogens (tertiary/aromatic N) is 3. The molecule has 1 amide bonds. The van der Waals surface area contributed by atoms with Gasteiger partial charge in [0.25, 0.3) is 0 Å². The molecule has 1 aromatic carbocycles. The normalized spacial score (nSPS) is 18.9. The van der Waals surface area contributed by atoms with E-state index in [0.717, 1.165) is 25.9 Å². The lowest BCUT2D eigenvalue weighted by Gasteiger charge is -2.28. The van der Waals surface area contributed by atoms with E-state index in [2.05, 4.69) is 39.7 Å². The minimum absolute atomic E-state index is 0.0471. The largest absolute Gasteiger partial charge is 0.396 e. The van der Waals surface area contributed by atoms with Crippen LogP contribution in [0.1, 0.15) is 19.3 Å². The Hall–Kier alpha value is -2.32. The summed E-state index contributed by atoms with van der Waals surface area (Å²) in [6, 6.07) is 10.3. The van der Waals surface area contributed by atoms with Crippen molar-refractivity contribution < 1.29 is 14.6 Å². The van der Waals surface area contributed by atoms with Gasteiger partial charge in [-0.2, -0.15) is 0 Å². The molecule has 0 aromatic heterocycles. The second-order valence-electron chi connectivity index (χ2n) is 8.12. The van der Waals surface area contributed by atoms with Gasteiger partial charge >= 0.3 is 0 Å². The Labute approximate surface area is 180 Å². The molecule has 0 saturated carbocycles. The number of aliphatic imine (C=N–C) groups is 1. The summed E-state index contributed by atoms with van der Waals surface area (Å²) in [6.45, 7) is 3.87. The number of guanidine groups is 1. The number of aliphatic hydroxyl groups excluding tert-OH is 1. The number of aliphatic hydroxyl groups is 1. The number of likely N-dealkylation sites (N-methyl/N-ethyl adjacent to an activating group) is 1. The predicted molar refractivity (Wildman–Crippen MR) is 121 cm³/mol. The summed E-state index contributed by atoms with van der Waals surface area (Å²) < 4.78 is 5.56. The quantitative estimate of drug-likeness (QED) is 0.281. The molecular weight excluding hydrogens is 382 g/mol. The smallest absolute Gasteiger partial charge is 0.243 e. The van der Waals surface area contributed by atoms with Crippen molar-refractivity contribution in [2.75, 3.05) is 72.0 Å². The van der Waals surface area contributed by atoms with Crippen LogP contribution < -0.4 is 15.5 Å². The Morgan fingerprint density at radius 1 is 1.23 bits per heavy atom. The van der Waals surface area contributed by atoms with Gasteiger partial charge in [-0.05, 0) is 31.4 Å². The first-order chi connectivity index (χ1) is 14.5. The van der Waals surface area contributed by atoms with E-state index >= 15 is 0 Å². The minimum Gasteiger partial charge on any atom is -0.396 e. The summed E-state index contributed by atoms with van der Waals surface area (Å²) >= 11 is 0. The van der Waals surface area contributed by atoms with E-state index in [9.17, 15) is 9.90 Å². The van der Waals surface area contributed by atoms with Gasteiger partial charge in [-0.25, -0.2) is 4.99 Å². The third kappa shape index (κ3) is 7.84. The third-order valence-corrected chi connectivity index (χ3v) is 5.49. The topological polar surface area (TPSA) is 89.4 Å². The number of nitrogens with one attached hydrogen (secondary N) is 2. The highest BCUT2D eigenvalue weighted by Gasteiger charge is 2.34. The number of ether oxygens (including phenoxy) is 1. The van der Waals surface area contributed by atoms with Gasteiger partial charge in [0.15, 0.2) is 5.96 Å². The summed E-state index contributed by atoms with van der Waals surface area (Å²) in [7, 11) is 5.53. The van der Waals surface area contributed by atoms with Crippen molar-refractivity contribution in [1.29, 1.82) is 0 Å². The zero-order valence-electron chi connectivity index (χ0n) is 18.6. The van der Waals surface area contributed by atoms with Gasteiger partial charge in [0.2, 0.25) is 5.91 Å². The van der Waals surface area contributed by atoms with Gasteiger partial charge in [-0.1, -0.05) is 18.2 Å². The van der Waals surface area contributed by atoms with Gasteiger partial charge in [-0.15, -0.1) is 0 Å². The number of anilines is 1. The van der Waals surface area contributed by atoms with Crippen molar-refractivity contribution in [2.24, 2.45) is 10.4 Å². The Balaban J connectivity index is 1.87. The van der Waals surface area contributed by atoms with Crippen molar-refractivity contribution in [1.82, 2.24) is 15.5 Å².